The van der Waals surface area contributed by atoms with E-state index in [0.717, 1.165) is 17.7 Å². The number of anilines is 1. The maximum atomic E-state index is 15.1. The van der Waals surface area contributed by atoms with E-state index in [9.17, 15) is 8.78 Å². The highest BCUT2D eigenvalue weighted by atomic mass is 19.3. The van der Waals surface area contributed by atoms with Crippen molar-refractivity contribution >= 4 is 22.5 Å². The summed E-state index contributed by atoms with van der Waals surface area (Å²) in [6.07, 6.45) is -0.175. The van der Waals surface area contributed by atoms with E-state index in [0.29, 0.717) is 35.4 Å². The molecule has 4 heterocycles. The van der Waals surface area contributed by atoms with Gasteiger partial charge >= 0.3 is 0 Å². The quantitative estimate of drug-likeness (QED) is 0.459. The van der Waals surface area contributed by atoms with Crippen LogP contribution in [0.3, 0.4) is 0 Å². The number of hydrogen-bond donors (Lipinski definition) is 1. The lowest BCUT2D eigenvalue weighted by Crippen LogP contribution is -2.54. The lowest BCUT2D eigenvalue weighted by Gasteiger charge is -2.39. The van der Waals surface area contributed by atoms with E-state index in [4.69, 9.17) is 4.74 Å². The smallest absolute Gasteiger partial charge is 0.258 e. The standard InChI is InChI=1S/C22H25F3N8O/c1-22(25)12-31(2)8-7-17(22)26-21-27-20(34-3)19-14(6-9-32(19)29-21)13-4-5-15-16(10-13)33(30-28-15)11-18(23)24/h4-6,9-10,17-18H,7-8,11-12H2,1-3H3,(H,26,29)/t17-,22?/m0/s1. The van der Waals surface area contributed by atoms with Crippen LogP contribution in [0.1, 0.15) is 13.3 Å². The Morgan fingerprint density at radius 2 is 2.12 bits per heavy atom. The molecule has 0 radical (unpaired) electrons. The Kier molecular flexibility index (Phi) is 5.54. The van der Waals surface area contributed by atoms with Gasteiger partial charge in [-0.2, -0.15) is 4.98 Å². The van der Waals surface area contributed by atoms with Gasteiger partial charge in [-0.3, -0.25) is 0 Å². The summed E-state index contributed by atoms with van der Waals surface area (Å²) in [7, 11) is 3.40. The molecule has 0 bridgehead atoms. The molecule has 0 spiro atoms. The number of aromatic nitrogens is 6. The normalized spacial score (nSPS) is 21.6. The predicted molar refractivity (Wildman–Crippen MR) is 121 cm³/mol. The maximum Gasteiger partial charge on any atom is 0.258 e. The first kappa shape index (κ1) is 22.4. The first-order valence-electron chi connectivity index (χ1n) is 10.9. The van der Waals surface area contributed by atoms with Crippen molar-refractivity contribution in [1.82, 2.24) is 34.5 Å². The molecule has 5 rings (SSSR count). The van der Waals surface area contributed by atoms with Gasteiger partial charge in [0, 0.05) is 24.8 Å². The van der Waals surface area contributed by atoms with E-state index in [1.54, 1.807) is 29.8 Å². The fourth-order valence-corrected chi connectivity index (χ4v) is 4.57. The molecule has 1 aliphatic rings. The fourth-order valence-electron chi connectivity index (χ4n) is 4.57. The minimum absolute atomic E-state index is 0.264. The summed E-state index contributed by atoms with van der Waals surface area (Å²) in [6.45, 7) is 2.12. The molecule has 1 aliphatic heterocycles. The molecule has 1 N–H and O–H groups in total. The molecule has 1 saturated heterocycles. The van der Waals surface area contributed by atoms with Gasteiger partial charge in [0.05, 0.1) is 18.7 Å². The van der Waals surface area contributed by atoms with Crippen LogP contribution in [0.25, 0.3) is 27.7 Å². The largest absolute Gasteiger partial charge is 0.479 e. The summed E-state index contributed by atoms with van der Waals surface area (Å²) >= 11 is 0. The molecule has 9 nitrogen and oxygen atoms in total. The first-order chi connectivity index (χ1) is 16.2. The Bertz CT molecular complexity index is 1330. The van der Waals surface area contributed by atoms with Gasteiger partial charge in [-0.15, -0.1) is 10.2 Å². The Hall–Kier alpha value is -3.41. The summed E-state index contributed by atoms with van der Waals surface area (Å²) in [6, 6.07) is 6.72. The Labute approximate surface area is 193 Å². The number of ether oxygens (including phenoxy) is 1. The van der Waals surface area contributed by atoms with Gasteiger partial charge in [-0.05, 0) is 44.2 Å². The zero-order valence-electron chi connectivity index (χ0n) is 19.0. The van der Waals surface area contributed by atoms with Crippen LogP contribution >= 0.6 is 0 Å². The van der Waals surface area contributed by atoms with Crippen LogP contribution in [-0.4, -0.2) is 79.9 Å². The van der Waals surface area contributed by atoms with Crippen LogP contribution in [0.5, 0.6) is 5.88 Å². The number of benzene rings is 1. The average molecular weight is 474 g/mol. The van der Waals surface area contributed by atoms with Crippen LogP contribution in [0.2, 0.25) is 0 Å². The van der Waals surface area contributed by atoms with E-state index < -0.39 is 24.7 Å². The highest BCUT2D eigenvalue weighted by molar-refractivity contribution is 5.89. The minimum Gasteiger partial charge on any atom is -0.479 e. The number of nitrogens with one attached hydrogen (secondary N) is 1. The van der Waals surface area contributed by atoms with Crippen molar-refractivity contribution in [2.75, 3.05) is 32.6 Å². The molecule has 0 saturated carbocycles. The lowest BCUT2D eigenvalue weighted by molar-refractivity contribution is 0.0619. The molecule has 4 aromatic rings. The Morgan fingerprint density at radius 1 is 1.29 bits per heavy atom. The van der Waals surface area contributed by atoms with Crippen molar-refractivity contribution in [2.45, 2.75) is 38.0 Å². The van der Waals surface area contributed by atoms with Gasteiger partial charge in [0.25, 0.3) is 6.43 Å². The van der Waals surface area contributed by atoms with Crippen molar-refractivity contribution < 1.29 is 17.9 Å². The van der Waals surface area contributed by atoms with Gasteiger partial charge in [0.2, 0.25) is 11.8 Å². The number of nitrogens with zero attached hydrogens (tertiary/aromatic N) is 7. The van der Waals surface area contributed by atoms with Gasteiger partial charge in [-0.1, -0.05) is 11.3 Å². The van der Waals surface area contributed by atoms with Crippen LogP contribution in [0.4, 0.5) is 19.1 Å². The zero-order chi connectivity index (χ0) is 24.0. The number of fused-ring (bicyclic) bond motifs is 2. The molecule has 34 heavy (non-hydrogen) atoms. The summed E-state index contributed by atoms with van der Waals surface area (Å²) in [5.41, 5.74) is 1.69. The Balaban J connectivity index is 1.52. The monoisotopic (exact) mass is 474 g/mol. The number of piperidine rings is 1. The molecule has 12 heteroatoms. The second kappa shape index (κ2) is 8.42. The third kappa shape index (κ3) is 4.02. The summed E-state index contributed by atoms with van der Waals surface area (Å²) < 4.78 is 49.4. The summed E-state index contributed by atoms with van der Waals surface area (Å²) in [5.74, 6) is 0.574. The molecule has 0 aliphatic carbocycles. The van der Waals surface area contributed by atoms with Gasteiger partial charge in [0.15, 0.2) is 0 Å². The number of likely N-dealkylation sites (tertiary alicyclic amines) is 1. The third-order valence-corrected chi connectivity index (χ3v) is 6.22. The topological polar surface area (TPSA) is 85.4 Å². The number of hydrogen-bond acceptors (Lipinski definition) is 7. The van der Waals surface area contributed by atoms with Crippen LogP contribution < -0.4 is 10.1 Å². The first-order valence-corrected chi connectivity index (χ1v) is 10.9. The average Bonchev–Trinajstić information content (AvgIpc) is 3.38. The highest BCUT2D eigenvalue weighted by Gasteiger charge is 2.39. The second-order valence-electron chi connectivity index (χ2n) is 8.83. The van der Waals surface area contributed by atoms with E-state index in [-0.39, 0.29) is 5.95 Å². The lowest BCUT2D eigenvalue weighted by atomic mass is 9.91. The number of rotatable bonds is 6. The van der Waals surface area contributed by atoms with Crippen molar-refractivity contribution in [3.63, 3.8) is 0 Å². The van der Waals surface area contributed by atoms with E-state index in [1.807, 2.05) is 24.1 Å². The molecule has 2 atom stereocenters. The SMILES string of the molecule is COc1nc(N[C@H]2CCN(C)CC2(C)F)nn2ccc(-c3ccc4nnn(CC(F)F)c4c3)c12. The summed E-state index contributed by atoms with van der Waals surface area (Å²) in [4.78, 5) is 6.45. The van der Waals surface area contributed by atoms with Gasteiger partial charge in [0.1, 0.15) is 23.2 Å². The van der Waals surface area contributed by atoms with Gasteiger partial charge in [-0.25, -0.2) is 22.4 Å². The Morgan fingerprint density at radius 3 is 2.85 bits per heavy atom. The molecule has 1 unspecified atom stereocenters. The van der Waals surface area contributed by atoms with E-state index >= 15 is 4.39 Å². The zero-order valence-corrected chi connectivity index (χ0v) is 19.0. The number of halogens is 3. The second-order valence-corrected chi connectivity index (χ2v) is 8.83. The van der Waals surface area contributed by atoms with E-state index in [2.05, 4.69) is 25.7 Å². The van der Waals surface area contributed by atoms with Crippen molar-refractivity contribution in [3.8, 4) is 17.0 Å². The molecular weight excluding hydrogens is 449 g/mol. The maximum absolute atomic E-state index is 15.1. The molecule has 180 valence electrons. The van der Waals surface area contributed by atoms with E-state index in [1.165, 1.54) is 11.8 Å². The fraction of sp³-hybridized carbons (Fsp3) is 0.455. The van der Waals surface area contributed by atoms with Gasteiger partial charge < -0.3 is 15.0 Å². The van der Waals surface area contributed by atoms with Crippen molar-refractivity contribution in [3.05, 3.63) is 30.5 Å². The number of alkyl halides is 3. The number of methoxy groups -OCH3 is 1. The van der Waals surface area contributed by atoms with Crippen LogP contribution in [0.15, 0.2) is 30.5 Å². The molecule has 3 aromatic heterocycles. The molecule has 0 amide bonds. The minimum atomic E-state index is -2.54. The predicted octanol–water partition coefficient (Wildman–Crippen LogP) is 3.26. The summed E-state index contributed by atoms with van der Waals surface area (Å²) in [5, 5.41) is 15.4. The molecule has 1 aromatic carbocycles. The third-order valence-electron chi connectivity index (χ3n) is 6.22. The van der Waals surface area contributed by atoms with Crippen LogP contribution in [-0.2, 0) is 6.54 Å². The van der Waals surface area contributed by atoms with Crippen molar-refractivity contribution in [1.29, 1.82) is 0 Å². The van der Waals surface area contributed by atoms with Crippen molar-refractivity contribution in [2.24, 2.45) is 0 Å². The molecule has 1 fully saturated rings. The highest BCUT2D eigenvalue weighted by Crippen LogP contribution is 2.34. The molecular formula is C22H25F3N8O. The van der Waals surface area contributed by atoms with Crippen LogP contribution in [0, 0.1) is 0 Å².